The van der Waals surface area contributed by atoms with Gasteiger partial charge in [-0.15, -0.1) is 0 Å². The largest absolute Gasteiger partial charge is 0.478 e. The Morgan fingerprint density at radius 2 is 1.85 bits per heavy atom. The molecule has 3 nitrogen and oxygen atoms in total. The summed E-state index contributed by atoms with van der Waals surface area (Å²) in [6, 6.07) is 14.8. The molecule has 0 unspecified atom stereocenters. The Morgan fingerprint density at radius 1 is 1.10 bits per heavy atom. The number of carbonyl (C=O) groups is 1. The van der Waals surface area contributed by atoms with Gasteiger partial charge in [0, 0.05) is 23.2 Å². The zero-order valence-corrected chi connectivity index (χ0v) is 11.3. The van der Waals surface area contributed by atoms with Crippen LogP contribution in [0.5, 0.6) is 0 Å². The number of benzene rings is 2. The minimum atomic E-state index is -0.911. The van der Waals surface area contributed by atoms with Crippen LogP contribution in [0.4, 0.5) is 0 Å². The van der Waals surface area contributed by atoms with E-state index in [2.05, 4.69) is 0 Å². The maximum atomic E-state index is 11.3. The zero-order chi connectivity index (χ0) is 14.1. The van der Waals surface area contributed by atoms with Crippen LogP contribution in [-0.2, 0) is 6.54 Å². The van der Waals surface area contributed by atoms with Crippen molar-refractivity contribution in [1.82, 2.24) is 4.57 Å². The van der Waals surface area contributed by atoms with Crippen LogP contribution in [0, 0.1) is 0 Å². The fourth-order valence-corrected chi connectivity index (χ4v) is 2.48. The molecule has 20 heavy (non-hydrogen) atoms. The highest BCUT2D eigenvalue weighted by atomic mass is 35.5. The van der Waals surface area contributed by atoms with Crippen molar-refractivity contribution in [1.29, 1.82) is 0 Å². The topological polar surface area (TPSA) is 42.2 Å². The summed E-state index contributed by atoms with van der Waals surface area (Å²) in [5, 5.41) is 10.9. The van der Waals surface area contributed by atoms with E-state index in [0.29, 0.717) is 17.1 Å². The number of halogens is 1. The van der Waals surface area contributed by atoms with E-state index in [4.69, 9.17) is 11.6 Å². The van der Waals surface area contributed by atoms with Crippen LogP contribution >= 0.6 is 11.6 Å². The third kappa shape index (κ3) is 2.28. The van der Waals surface area contributed by atoms with Gasteiger partial charge in [0.2, 0.25) is 0 Å². The predicted molar refractivity (Wildman–Crippen MR) is 79.5 cm³/mol. The molecule has 0 amide bonds. The van der Waals surface area contributed by atoms with Crippen LogP contribution in [0.25, 0.3) is 10.9 Å². The fourth-order valence-electron chi connectivity index (χ4n) is 2.35. The summed E-state index contributed by atoms with van der Waals surface area (Å²) in [5.41, 5.74) is 2.14. The Morgan fingerprint density at radius 3 is 2.55 bits per heavy atom. The average Bonchev–Trinajstić information content (AvgIpc) is 2.84. The molecule has 0 saturated carbocycles. The van der Waals surface area contributed by atoms with E-state index in [9.17, 15) is 9.90 Å². The third-order valence-electron chi connectivity index (χ3n) is 3.29. The molecule has 4 heteroatoms. The molecule has 0 radical (unpaired) electrons. The van der Waals surface area contributed by atoms with Crippen molar-refractivity contribution in [2.45, 2.75) is 6.54 Å². The lowest BCUT2D eigenvalue weighted by Gasteiger charge is -2.08. The van der Waals surface area contributed by atoms with Crippen LogP contribution in [0.1, 0.15) is 15.9 Å². The van der Waals surface area contributed by atoms with Gasteiger partial charge >= 0.3 is 5.97 Å². The van der Waals surface area contributed by atoms with Crippen LogP contribution < -0.4 is 0 Å². The zero-order valence-electron chi connectivity index (χ0n) is 10.6. The Hall–Kier alpha value is -2.26. The summed E-state index contributed by atoms with van der Waals surface area (Å²) in [5.74, 6) is -0.911. The van der Waals surface area contributed by atoms with Gasteiger partial charge in [-0.2, -0.15) is 0 Å². The SMILES string of the molecule is O=C(O)c1cccc2ccn(Cc3ccc(Cl)cc3)c12. The number of hydrogen-bond acceptors (Lipinski definition) is 1. The van der Waals surface area contributed by atoms with Crippen molar-refractivity contribution < 1.29 is 9.90 Å². The summed E-state index contributed by atoms with van der Waals surface area (Å²) in [6.45, 7) is 0.616. The standard InChI is InChI=1S/C16H12ClNO2/c17-13-6-4-11(5-7-13)10-18-9-8-12-2-1-3-14(15(12)18)16(19)20/h1-9H,10H2,(H,19,20). The molecule has 0 atom stereocenters. The van der Waals surface area contributed by atoms with Gasteiger partial charge < -0.3 is 9.67 Å². The second-order valence-electron chi connectivity index (χ2n) is 4.62. The van der Waals surface area contributed by atoms with Crippen molar-refractivity contribution in [3.63, 3.8) is 0 Å². The minimum Gasteiger partial charge on any atom is -0.478 e. The van der Waals surface area contributed by atoms with Crippen molar-refractivity contribution in [3.8, 4) is 0 Å². The van der Waals surface area contributed by atoms with Gasteiger partial charge in [-0.1, -0.05) is 35.9 Å². The highest BCUT2D eigenvalue weighted by molar-refractivity contribution is 6.30. The molecule has 0 saturated heterocycles. The van der Waals surface area contributed by atoms with Crippen LogP contribution in [-0.4, -0.2) is 15.6 Å². The Balaban J connectivity index is 2.07. The second kappa shape index (κ2) is 5.02. The van der Waals surface area contributed by atoms with Gasteiger partial charge in [-0.3, -0.25) is 0 Å². The first-order valence-corrected chi connectivity index (χ1v) is 6.58. The molecule has 0 aliphatic heterocycles. The van der Waals surface area contributed by atoms with Crippen LogP contribution in [0.3, 0.4) is 0 Å². The van der Waals surface area contributed by atoms with Gasteiger partial charge in [0.1, 0.15) is 0 Å². The quantitative estimate of drug-likeness (QED) is 0.789. The number of fused-ring (bicyclic) bond motifs is 1. The number of aromatic carboxylic acids is 1. The smallest absolute Gasteiger partial charge is 0.337 e. The number of carboxylic acid groups (broad SMARTS) is 1. The highest BCUT2D eigenvalue weighted by Gasteiger charge is 2.12. The molecule has 0 spiro atoms. The molecule has 100 valence electrons. The highest BCUT2D eigenvalue weighted by Crippen LogP contribution is 2.22. The van der Waals surface area contributed by atoms with Gasteiger partial charge in [0.05, 0.1) is 11.1 Å². The first kappa shape index (κ1) is 12.8. The number of carboxylic acids is 1. The molecule has 0 fully saturated rings. The van der Waals surface area contributed by atoms with Crippen molar-refractivity contribution in [2.24, 2.45) is 0 Å². The third-order valence-corrected chi connectivity index (χ3v) is 3.54. The fraction of sp³-hybridized carbons (Fsp3) is 0.0625. The van der Waals surface area contributed by atoms with E-state index in [0.717, 1.165) is 16.5 Å². The first-order chi connectivity index (χ1) is 9.65. The summed E-state index contributed by atoms with van der Waals surface area (Å²) in [7, 11) is 0. The number of para-hydroxylation sites is 1. The lowest BCUT2D eigenvalue weighted by Crippen LogP contribution is -2.04. The molecule has 0 bridgehead atoms. The van der Waals surface area contributed by atoms with Crippen molar-refractivity contribution in [2.75, 3.05) is 0 Å². The summed E-state index contributed by atoms with van der Waals surface area (Å²) >= 11 is 5.87. The molecule has 3 rings (SSSR count). The van der Waals surface area contributed by atoms with Gasteiger partial charge in [-0.05, 0) is 29.8 Å². The first-order valence-electron chi connectivity index (χ1n) is 6.21. The number of rotatable bonds is 3. The summed E-state index contributed by atoms with van der Waals surface area (Å²) in [4.78, 5) is 11.3. The molecule has 2 aromatic carbocycles. The Kier molecular flexibility index (Phi) is 3.20. The Labute approximate surface area is 121 Å². The van der Waals surface area contributed by atoms with E-state index in [1.165, 1.54) is 0 Å². The summed E-state index contributed by atoms with van der Waals surface area (Å²) < 4.78 is 1.95. The minimum absolute atomic E-state index is 0.321. The maximum absolute atomic E-state index is 11.3. The Bertz CT molecular complexity index is 775. The summed E-state index contributed by atoms with van der Waals surface area (Å²) in [6.07, 6.45) is 1.91. The van der Waals surface area contributed by atoms with Crippen molar-refractivity contribution >= 4 is 28.5 Å². The number of aromatic nitrogens is 1. The normalized spacial score (nSPS) is 10.8. The van der Waals surface area contributed by atoms with Gasteiger partial charge in [-0.25, -0.2) is 4.79 Å². The lowest BCUT2D eigenvalue weighted by molar-refractivity contribution is 0.0698. The van der Waals surface area contributed by atoms with E-state index in [1.807, 2.05) is 47.2 Å². The predicted octanol–water partition coefficient (Wildman–Crippen LogP) is 4.04. The van der Waals surface area contributed by atoms with E-state index >= 15 is 0 Å². The molecule has 1 aromatic heterocycles. The van der Waals surface area contributed by atoms with Gasteiger partial charge in [0.25, 0.3) is 0 Å². The monoisotopic (exact) mass is 285 g/mol. The molecular weight excluding hydrogens is 274 g/mol. The molecule has 0 aliphatic carbocycles. The number of nitrogens with zero attached hydrogens (tertiary/aromatic N) is 1. The molecule has 1 heterocycles. The average molecular weight is 286 g/mol. The maximum Gasteiger partial charge on any atom is 0.337 e. The molecular formula is C16H12ClNO2. The van der Waals surface area contributed by atoms with Crippen LogP contribution in [0.2, 0.25) is 5.02 Å². The molecule has 1 N–H and O–H groups in total. The van der Waals surface area contributed by atoms with Crippen molar-refractivity contribution in [3.05, 3.63) is 70.9 Å². The van der Waals surface area contributed by atoms with Crippen LogP contribution in [0.15, 0.2) is 54.7 Å². The van der Waals surface area contributed by atoms with Gasteiger partial charge in [0.15, 0.2) is 0 Å². The van der Waals surface area contributed by atoms with E-state index in [1.54, 1.807) is 12.1 Å². The van der Waals surface area contributed by atoms with E-state index in [-0.39, 0.29) is 0 Å². The van der Waals surface area contributed by atoms with E-state index < -0.39 is 5.97 Å². The number of hydrogen-bond donors (Lipinski definition) is 1. The molecule has 0 aliphatic rings. The lowest BCUT2D eigenvalue weighted by atomic mass is 10.1. The molecule has 3 aromatic rings. The second-order valence-corrected chi connectivity index (χ2v) is 5.06.